The highest BCUT2D eigenvalue weighted by Crippen LogP contribution is 2.38. The number of ether oxygens (including phenoxy) is 2. The van der Waals surface area contributed by atoms with Crippen LogP contribution in [-0.4, -0.2) is 68.4 Å². The second-order valence-corrected chi connectivity index (χ2v) is 10.1. The molecule has 0 spiro atoms. The molecule has 2 fully saturated rings. The third-order valence-electron chi connectivity index (χ3n) is 6.21. The number of pyridine rings is 1. The van der Waals surface area contributed by atoms with E-state index in [2.05, 4.69) is 9.71 Å². The molecule has 1 unspecified atom stereocenters. The van der Waals surface area contributed by atoms with Gasteiger partial charge in [-0.2, -0.15) is 0 Å². The summed E-state index contributed by atoms with van der Waals surface area (Å²) in [6.07, 6.45) is 8.23. The van der Waals surface area contributed by atoms with E-state index in [1.165, 1.54) is 0 Å². The van der Waals surface area contributed by atoms with Gasteiger partial charge >= 0.3 is 0 Å². The molecule has 4 aliphatic rings. The van der Waals surface area contributed by atoms with Crippen molar-refractivity contribution in [2.45, 2.75) is 62.6 Å². The summed E-state index contributed by atoms with van der Waals surface area (Å²) in [5.41, 5.74) is 1.06. The quantitative estimate of drug-likeness (QED) is 0.773. The summed E-state index contributed by atoms with van der Waals surface area (Å²) >= 11 is 0. The van der Waals surface area contributed by atoms with Crippen LogP contribution in [0.25, 0.3) is 0 Å². The number of amides is 1. The van der Waals surface area contributed by atoms with E-state index in [9.17, 15) is 13.2 Å². The lowest BCUT2D eigenvalue weighted by Crippen LogP contribution is -2.59. The summed E-state index contributed by atoms with van der Waals surface area (Å²) in [6, 6.07) is 3.26. The van der Waals surface area contributed by atoms with Crippen LogP contribution in [0.4, 0.5) is 0 Å². The molecule has 1 saturated heterocycles. The van der Waals surface area contributed by atoms with Gasteiger partial charge in [0.2, 0.25) is 15.9 Å². The highest BCUT2D eigenvalue weighted by molar-refractivity contribution is 7.88. The van der Waals surface area contributed by atoms with Gasteiger partial charge in [-0.15, -0.1) is 0 Å². The first-order valence-electron chi connectivity index (χ1n) is 10.4. The summed E-state index contributed by atoms with van der Waals surface area (Å²) in [5, 5.41) is 0. The van der Waals surface area contributed by atoms with Crippen LogP contribution in [0.1, 0.15) is 50.0 Å². The predicted octanol–water partition coefficient (Wildman–Crippen LogP) is 1.43. The smallest absolute Gasteiger partial charge is 0.260 e. The first-order valence-corrected chi connectivity index (χ1v) is 12.3. The number of sulfonamides is 1. The lowest BCUT2D eigenvalue weighted by molar-refractivity contribution is -0.140. The van der Waals surface area contributed by atoms with E-state index in [1.807, 2.05) is 12.1 Å². The molecule has 2 atom stereocenters. The van der Waals surface area contributed by atoms with Gasteiger partial charge in [-0.25, -0.2) is 18.1 Å². The number of nitrogens with zero attached hydrogens (tertiary/aromatic N) is 2. The summed E-state index contributed by atoms with van der Waals surface area (Å²) in [5.74, 6) is 0.724. The van der Waals surface area contributed by atoms with Gasteiger partial charge in [-0.05, 0) is 50.5 Å². The minimum absolute atomic E-state index is 0.109. The van der Waals surface area contributed by atoms with Crippen LogP contribution < -0.4 is 9.46 Å². The van der Waals surface area contributed by atoms with Gasteiger partial charge in [0.05, 0.1) is 25.0 Å². The first kappa shape index (κ1) is 20.6. The molecule has 1 aromatic heterocycles. The zero-order chi connectivity index (χ0) is 20.4. The molecule has 29 heavy (non-hydrogen) atoms. The minimum Gasteiger partial charge on any atom is -0.467 e. The number of hydrogen-bond acceptors (Lipinski definition) is 6. The van der Waals surface area contributed by atoms with Crippen molar-refractivity contribution in [3.63, 3.8) is 0 Å². The van der Waals surface area contributed by atoms with E-state index in [0.717, 1.165) is 43.9 Å². The minimum atomic E-state index is -3.38. The number of hydrogen-bond donors (Lipinski definition) is 1. The van der Waals surface area contributed by atoms with E-state index < -0.39 is 10.0 Å². The van der Waals surface area contributed by atoms with Crippen LogP contribution in [0.5, 0.6) is 5.88 Å². The maximum Gasteiger partial charge on any atom is 0.260 e. The zero-order valence-electron chi connectivity index (χ0n) is 16.7. The SMILES string of the molecule is CS(=O)(=O)NC1CCCN2C(=O)COc3ncccc3C3CCC(CC3)OC[C@@H]12. The fourth-order valence-electron chi connectivity index (χ4n) is 4.81. The molecular weight excluding hydrogens is 394 g/mol. The normalized spacial score (nSPS) is 30.9. The Hall–Kier alpha value is -1.71. The van der Waals surface area contributed by atoms with Crippen LogP contribution in [0.3, 0.4) is 0 Å². The van der Waals surface area contributed by atoms with Gasteiger partial charge in [0.25, 0.3) is 5.91 Å². The monoisotopic (exact) mass is 423 g/mol. The lowest BCUT2D eigenvalue weighted by Gasteiger charge is -2.41. The topological polar surface area (TPSA) is 97.8 Å². The van der Waals surface area contributed by atoms with Crippen molar-refractivity contribution >= 4 is 15.9 Å². The Morgan fingerprint density at radius 2 is 2.00 bits per heavy atom. The second-order valence-electron chi connectivity index (χ2n) is 8.29. The van der Waals surface area contributed by atoms with Crippen molar-refractivity contribution in [3.05, 3.63) is 23.9 Å². The zero-order valence-corrected chi connectivity index (χ0v) is 17.6. The van der Waals surface area contributed by atoms with E-state index in [-0.39, 0.29) is 30.7 Å². The van der Waals surface area contributed by atoms with E-state index in [4.69, 9.17) is 9.47 Å². The Kier molecular flexibility index (Phi) is 6.08. The van der Waals surface area contributed by atoms with Crippen molar-refractivity contribution in [1.29, 1.82) is 0 Å². The molecule has 2 bridgehead atoms. The lowest BCUT2D eigenvalue weighted by atomic mass is 9.83. The van der Waals surface area contributed by atoms with Gasteiger partial charge in [0, 0.05) is 24.3 Å². The van der Waals surface area contributed by atoms with Crippen LogP contribution in [0.2, 0.25) is 0 Å². The number of carbonyl (C=O) groups excluding carboxylic acids is 1. The van der Waals surface area contributed by atoms with E-state index in [1.54, 1.807) is 11.1 Å². The Balaban J connectivity index is 1.61. The Labute approximate surface area is 172 Å². The molecule has 1 aliphatic carbocycles. The largest absolute Gasteiger partial charge is 0.467 e. The molecule has 3 aliphatic heterocycles. The summed E-state index contributed by atoms with van der Waals surface area (Å²) in [6.45, 7) is 0.794. The first-order chi connectivity index (χ1) is 13.9. The Bertz CT molecular complexity index is 838. The van der Waals surface area contributed by atoms with Crippen LogP contribution in [-0.2, 0) is 19.6 Å². The van der Waals surface area contributed by atoms with Crippen LogP contribution in [0.15, 0.2) is 18.3 Å². The number of piperidine rings is 1. The van der Waals surface area contributed by atoms with E-state index in [0.29, 0.717) is 31.4 Å². The molecule has 1 N–H and O–H groups in total. The van der Waals surface area contributed by atoms with Crippen molar-refractivity contribution in [2.24, 2.45) is 0 Å². The molecule has 1 amide bonds. The summed E-state index contributed by atoms with van der Waals surface area (Å²) in [7, 11) is -3.38. The number of fused-ring (bicyclic) bond motifs is 5. The number of aromatic nitrogens is 1. The third-order valence-corrected chi connectivity index (χ3v) is 6.95. The van der Waals surface area contributed by atoms with Crippen LogP contribution in [0, 0.1) is 0 Å². The molecule has 4 heterocycles. The fourth-order valence-corrected chi connectivity index (χ4v) is 5.63. The van der Waals surface area contributed by atoms with Gasteiger partial charge in [-0.3, -0.25) is 4.79 Å². The molecule has 5 rings (SSSR count). The molecule has 9 heteroatoms. The molecular formula is C20H29N3O5S. The average Bonchev–Trinajstić information content (AvgIpc) is 2.71. The van der Waals surface area contributed by atoms with Crippen molar-refractivity contribution in [1.82, 2.24) is 14.6 Å². The molecule has 1 aromatic rings. The van der Waals surface area contributed by atoms with Crippen molar-refractivity contribution in [2.75, 3.05) is 26.0 Å². The van der Waals surface area contributed by atoms with E-state index >= 15 is 0 Å². The number of rotatable bonds is 2. The van der Waals surface area contributed by atoms with Gasteiger partial charge in [0.15, 0.2) is 6.61 Å². The van der Waals surface area contributed by atoms with Crippen molar-refractivity contribution < 1.29 is 22.7 Å². The Morgan fingerprint density at radius 3 is 2.76 bits per heavy atom. The average molecular weight is 424 g/mol. The van der Waals surface area contributed by atoms with Crippen molar-refractivity contribution in [3.8, 4) is 5.88 Å². The summed E-state index contributed by atoms with van der Waals surface area (Å²) in [4.78, 5) is 19.1. The number of carbonyl (C=O) groups is 1. The van der Waals surface area contributed by atoms with Gasteiger partial charge < -0.3 is 14.4 Å². The Morgan fingerprint density at radius 1 is 1.21 bits per heavy atom. The summed E-state index contributed by atoms with van der Waals surface area (Å²) < 4.78 is 38.5. The maximum absolute atomic E-state index is 13.0. The predicted molar refractivity (Wildman–Crippen MR) is 107 cm³/mol. The maximum atomic E-state index is 13.0. The molecule has 0 aromatic carbocycles. The fraction of sp³-hybridized carbons (Fsp3) is 0.700. The molecule has 0 radical (unpaired) electrons. The van der Waals surface area contributed by atoms with Crippen LogP contribution >= 0.6 is 0 Å². The molecule has 1 saturated carbocycles. The molecule has 8 nitrogen and oxygen atoms in total. The molecule has 160 valence electrons. The standard InChI is InChI=1S/C20H29N3O5S/c1-29(25,26)22-17-5-3-11-23-18(17)12-27-15-8-6-14(7-9-15)16-4-2-10-21-20(16)28-13-19(23)24/h2,4,10,14-15,17-18,22H,3,5-9,11-13H2,1H3/t14?,15?,17?,18-/m0/s1. The highest BCUT2D eigenvalue weighted by Gasteiger charge is 2.37. The third kappa shape index (κ3) is 4.90. The van der Waals surface area contributed by atoms with Gasteiger partial charge in [-0.1, -0.05) is 6.07 Å². The van der Waals surface area contributed by atoms with Gasteiger partial charge in [0.1, 0.15) is 0 Å². The highest BCUT2D eigenvalue weighted by atomic mass is 32.2. The second kappa shape index (κ2) is 8.57. The number of nitrogens with one attached hydrogen (secondary N) is 1.